The second-order valence-corrected chi connectivity index (χ2v) is 5.76. The van der Waals surface area contributed by atoms with Crippen LogP contribution in [0.5, 0.6) is 0 Å². The van der Waals surface area contributed by atoms with Crippen LogP contribution in [0.25, 0.3) is 0 Å². The van der Waals surface area contributed by atoms with Crippen molar-refractivity contribution in [3.05, 3.63) is 0 Å². The normalized spacial score (nSPS) is 15.4. The number of likely N-dealkylation sites (N-methyl/N-ethyl adjacent to an activating group) is 1. The highest BCUT2D eigenvalue weighted by atomic mass is 16.2. The fourth-order valence-corrected chi connectivity index (χ4v) is 1.97. The summed E-state index contributed by atoms with van der Waals surface area (Å²) in [5.74, 6) is 0.920. The molecule has 0 aromatic heterocycles. The molecule has 0 bridgehead atoms. The summed E-state index contributed by atoms with van der Waals surface area (Å²) in [6.45, 7) is 9.12. The van der Waals surface area contributed by atoms with E-state index in [2.05, 4.69) is 37.9 Å². The lowest BCUT2D eigenvalue weighted by Crippen LogP contribution is -2.48. The predicted octanol–water partition coefficient (Wildman–Crippen LogP) is 1.06. The van der Waals surface area contributed by atoms with Crippen molar-refractivity contribution in [2.24, 2.45) is 17.6 Å². The minimum atomic E-state index is -0.384. The van der Waals surface area contributed by atoms with Crippen molar-refractivity contribution < 1.29 is 4.79 Å². The first-order valence-electron chi connectivity index (χ1n) is 6.45. The van der Waals surface area contributed by atoms with Gasteiger partial charge in [0, 0.05) is 12.6 Å². The zero-order chi connectivity index (χ0) is 13.6. The van der Waals surface area contributed by atoms with Crippen LogP contribution in [0, 0.1) is 11.8 Å². The number of nitrogens with two attached hydrogens (primary N) is 1. The van der Waals surface area contributed by atoms with Crippen molar-refractivity contribution in [1.82, 2.24) is 10.2 Å². The van der Waals surface area contributed by atoms with E-state index in [-0.39, 0.29) is 11.9 Å². The van der Waals surface area contributed by atoms with E-state index in [1.165, 1.54) is 0 Å². The molecule has 0 saturated heterocycles. The Morgan fingerprint density at radius 2 is 1.76 bits per heavy atom. The summed E-state index contributed by atoms with van der Waals surface area (Å²) in [5, 5.41) is 2.94. The molecule has 4 heteroatoms. The van der Waals surface area contributed by atoms with Gasteiger partial charge in [-0.05, 0) is 32.4 Å². The number of nitrogens with zero attached hydrogens (tertiary/aromatic N) is 1. The Hall–Kier alpha value is -0.610. The second kappa shape index (κ2) is 7.67. The van der Waals surface area contributed by atoms with Gasteiger partial charge in [0.1, 0.15) is 0 Å². The van der Waals surface area contributed by atoms with E-state index in [1.807, 2.05) is 14.1 Å². The van der Waals surface area contributed by atoms with Gasteiger partial charge < -0.3 is 16.0 Å². The van der Waals surface area contributed by atoms with Crippen LogP contribution < -0.4 is 11.1 Å². The Labute approximate surface area is 106 Å². The molecule has 4 nitrogen and oxygen atoms in total. The first kappa shape index (κ1) is 16.4. The summed E-state index contributed by atoms with van der Waals surface area (Å²) in [7, 11) is 4.07. The molecule has 0 aromatic rings. The van der Waals surface area contributed by atoms with Crippen molar-refractivity contribution in [1.29, 1.82) is 0 Å². The van der Waals surface area contributed by atoms with Crippen LogP contribution in [-0.4, -0.2) is 43.5 Å². The molecule has 0 rings (SSSR count). The first-order valence-corrected chi connectivity index (χ1v) is 6.45. The predicted molar refractivity (Wildman–Crippen MR) is 72.8 cm³/mol. The van der Waals surface area contributed by atoms with Gasteiger partial charge in [-0.15, -0.1) is 0 Å². The minimum Gasteiger partial charge on any atom is -0.353 e. The second-order valence-electron chi connectivity index (χ2n) is 5.76. The molecule has 0 heterocycles. The molecule has 17 heavy (non-hydrogen) atoms. The standard InChI is InChI=1S/C13H29N3O/c1-9(2)7-11(14)13(17)15-8-12(10(3)4)16(5)6/h9-12H,7-8,14H2,1-6H3,(H,15,17). The molecule has 0 aliphatic heterocycles. The van der Waals surface area contributed by atoms with Crippen molar-refractivity contribution in [2.45, 2.75) is 46.2 Å². The highest BCUT2D eigenvalue weighted by molar-refractivity contribution is 5.81. The lowest BCUT2D eigenvalue weighted by molar-refractivity contribution is -0.123. The average molecular weight is 243 g/mol. The molecule has 1 amide bonds. The zero-order valence-corrected chi connectivity index (χ0v) is 12.2. The Balaban J connectivity index is 4.12. The minimum absolute atomic E-state index is 0.0359. The van der Waals surface area contributed by atoms with Gasteiger partial charge in [0.2, 0.25) is 5.91 Å². The van der Waals surface area contributed by atoms with Gasteiger partial charge in [0.05, 0.1) is 6.04 Å². The van der Waals surface area contributed by atoms with Crippen molar-refractivity contribution in [3.8, 4) is 0 Å². The Morgan fingerprint density at radius 3 is 2.12 bits per heavy atom. The van der Waals surface area contributed by atoms with Crippen molar-refractivity contribution in [3.63, 3.8) is 0 Å². The molecule has 102 valence electrons. The maximum atomic E-state index is 11.8. The van der Waals surface area contributed by atoms with Crippen LogP contribution in [0.4, 0.5) is 0 Å². The van der Waals surface area contributed by atoms with E-state index in [0.29, 0.717) is 24.4 Å². The average Bonchev–Trinajstić information content (AvgIpc) is 2.15. The van der Waals surface area contributed by atoms with E-state index >= 15 is 0 Å². The van der Waals surface area contributed by atoms with E-state index < -0.39 is 0 Å². The molecular formula is C13H29N3O. The maximum Gasteiger partial charge on any atom is 0.236 e. The smallest absolute Gasteiger partial charge is 0.236 e. The quantitative estimate of drug-likeness (QED) is 0.703. The summed E-state index contributed by atoms with van der Waals surface area (Å²) in [6, 6.07) is -0.0322. The number of nitrogens with one attached hydrogen (secondary N) is 1. The van der Waals surface area contributed by atoms with Crippen LogP contribution in [0.15, 0.2) is 0 Å². The third kappa shape index (κ3) is 6.64. The molecule has 0 aliphatic rings. The van der Waals surface area contributed by atoms with Gasteiger partial charge in [0.25, 0.3) is 0 Å². The van der Waals surface area contributed by atoms with Crippen LogP contribution >= 0.6 is 0 Å². The molecule has 2 unspecified atom stereocenters. The monoisotopic (exact) mass is 243 g/mol. The van der Waals surface area contributed by atoms with Gasteiger partial charge in [-0.2, -0.15) is 0 Å². The molecule has 0 fully saturated rings. The van der Waals surface area contributed by atoms with Crippen LogP contribution in [0.3, 0.4) is 0 Å². The van der Waals surface area contributed by atoms with Gasteiger partial charge >= 0.3 is 0 Å². The molecular weight excluding hydrogens is 214 g/mol. The Bertz CT molecular complexity index is 219. The Kier molecular flexibility index (Phi) is 7.39. The van der Waals surface area contributed by atoms with E-state index in [9.17, 15) is 4.79 Å². The molecule has 0 aromatic carbocycles. The highest BCUT2D eigenvalue weighted by Gasteiger charge is 2.19. The molecule has 0 aliphatic carbocycles. The van der Waals surface area contributed by atoms with Gasteiger partial charge in [0.15, 0.2) is 0 Å². The molecule has 0 spiro atoms. The summed E-state index contributed by atoms with van der Waals surface area (Å²) >= 11 is 0. The van der Waals surface area contributed by atoms with E-state index in [4.69, 9.17) is 5.73 Å². The number of rotatable bonds is 7. The molecule has 3 N–H and O–H groups in total. The summed E-state index contributed by atoms with van der Waals surface area (Å²) < 4.78 is 0. The Morgan fingerprint density at radius 1 is 1.24 bits per heavy atom. The van der Waals surface area contributed by atoms with E-state index in [1.54, 1.807) is 0 Å². The van der Waals surface area contributed by atoms with Crippen molar-refractivity contribution >= 4 is 5.91 Å². The number of hydrogen-bond acceptors (Lipinski definition) is 3. The third-order valence-electron chi connectivity index (χ3n) is 2.98. The van der Waals surface area contributed by atoms with E-state index in [0.717, 1.165) is 6.42 Å². The van der Waals surface area contributed by atoms with Crippen LogP contribution in [0.2, 0.25) is 0 Å². The van der Waals surface area contributed by atoms with Crippen LogP contribution in [0.1, 0.15) is 34.1 Å². The summed E-state index contributed by atoms with van der Waals surface area (Å²) in [4.78, 5) is 13.9. The molecule has 0 saturated carbocycles. The lowest BCUT2D eigenvalue weighted by atomic mass is 10.0. The number of carbonyl (C=O) groups is 1. The van der Waals surface area contributed by atoms with Gasteiger partial charge in [-0.1, -0.05) is 27.7 Å². The maximum absolute atomic E-state index is 11.8. The number of carbonyl (C=O) groups excluding carboxylic acids is 1. The first-order chi connectivity index (χ1) is 7.75. The topological polar surface area (TPSA) is 58.4 Å². The lowest BCUT2D eigenvalue weighted by Gasteiger charge is -2.28. The molecule has 2 atom stereocenters. The zero-order valence-electron chi connectivity index (χ0n) is 12.2. The summed E-state index contributed by atoms with van der Waals surface area (Å²) in [6.07, 6.45) is 0.736. The fraction of sp³-hybridized carbons (Fsp3) is 0.923. The molecule has 0 radical (unpaired) electrons. The van der Waals surface area contributed by atoms with Crippen molar-refractivity contribution in [2.75, 3.05) is 20.6 Å². The van der Waals surface area contributed by atoms with Gasteiger partial charge in [-0.25, -0.2) is 0 Å². The third-order valence-corrected chi connectivity index (χ3v) is 2.98. The van der Waals surface area contributed by atoms with Crippen LogP contribution in [-0.2, 0) is 4.79 Å². The SMILES string of the molecule is CC(C)CC(N)C(=O)NCC(C(C)C)N(C)C. The number of hydrogen-bond donors (Lipinski definition) is 2. The summed E-state index contributed by atoms with van der Waals surface area (Å²) in [5.41, 5.74) is 5.83. The van der Waals surface area contributed by atoms with Gasteiger partial charge in [-0.3, -0.25) is 4.79 Å². The highest BCUT2D eigenvalue weighted by Crippen LogP contribution is 2.07. The largest absolute Gasteiger partial charge is 0.353 e. The fourth-order valence-electron chi connectivity index (χ4n) is 1.97. The number of amides is 1.